The number of carbonyl (C=O) groups is 1. The summed E-state index contributed by atoms with van der Waals surface area (Å²) in [4.78, 5) is 24.3. The Hall–Kier alpha value is -3.73. The average molecular weight is 438 g/mol. The molecule has 11 heteroatoms. The molecule has 2 aliphatic heterocycles. The van der Waals surface area contributed by atoms with Crippen molar-refractivity contribution in [3.8, 4) is 11.1 Å². The molecule has 2 aromatic heterocycles. The number of halogens is 1. The van der Waals surface area contributed by atoms with Gasteiger partial charge >= 0.3 is 6.09 Å². The number of aromatic nitrogens is 4. The molecule has 1 amide bonds. The zero-order chi connectivity index (χ0) is 22.4. The molecule has 4 heterocycles. The molecule has 10 nitrogen and oxygen atoms in total. The number of cyclic esters (lactones) is 1. The highest BCUT2D eigenvalue weighted by molar-refractivity contribution is 5.71. The number of rotatable bonds is 4. The predicted molar refractivity (Wildman–Crippen MR) is 115 cm³/mol. The quantitative estimate of drug-likeness (QED) is 0.583. The van der Waals surface area contributed by atoms with Gasteiger partial charge in [-0.05, 0) is 17.7 Å². The van der Waals surface area contributed by atoms with Gasteiger partial charge in [-0.15, -0.1) is 0 Å². The summed E-state index contributed by atoms with van der Waals surface area (Å²) >= 11 is 0. The van der Waals surface area contributed by atoms with E-state index >= 15 is 0 Å². The van der Waals surface area contributed by atoms with Crippen LogP contribution in [-0.2, 0) is 11.8 Å². The van der Waals surface area contributed by atoms with E-state index in [2.05, 4.69) is 20.0 Å². The first-order valence-electron chi connectivity index (χ1n) is 10.2. The lowest BCUT2D eigenvalue weighted by atomic mass is 9.97. The van der Waals surface area contributed by atoms with Crippen molar-refractivity contribution in [2.24, 2.45) is 12.8 Å². The van der Waals surface area contributed by atoms with E-state index in [1.807, 2.05) is 6.07 Å². The third kappa shape index (κ3) is 3.50. The molecule has 32 heavy (non-hydrogen) atoms. The van der Waals surface area contributed by atoms with Gasteiger partial charge in [0.1, 0.15) is 24.6 Å². The monoisotopic (exact) mass is 438 g/mol. The Morgan fingerprint density at radius 2 is 2.09 bits per heavy atom. The molecular weight excluding hydrogens is 415 g/mol. The highest BCUT2D eigenvalue weighted by atomic mass is 19.1. The Bertz CT molecular complexity index is 1180. The summed E-state index contributed by atoms with van der Waals surface area (Å²) in [5, 5.41) is 4.11. The lowest BCUT2D eigenvalue weighted by Gasteiger charge is -2.36. The Balaban J connectivity index is 1.43. The standard InChI is InChI=1S/C21H23FN8O2/c1-28-8-12(7-27-28)14-4-15(17(23)5-16(14)22)20(24)18-6-19(26-11-25-18)29-2-3-30-13(9-29)10-32-21(30)31/h4-8,11,13,20H,2-3,9-10,23-24H2,1H3. The summed E-state index contributed by atoms with van der Waals surface area (Å²) in [5.74, 6) is 0.263. The van der Waals surface area contributed by atoms with Crippen LogP contribution in [0.4, 0.5) is 20.7 Å². The third-order valence-corrected chi connectivity index (χ3v) is 5.96. The van der Waals surface area contributed by atoms with E-state index in [9.17, 15) is 9.18 Å². The molecule has 1 aromatic carbocycles. The van der Waals surface area contributed by atoms with Gasteiger partial charge in [-0.1, -0.05) is 0 Å². The van der Waals surface area contributed by atoms with E-state index in [4.69, 9.17) is 16.2 Å². The number of benzene rings is 1. The van der Waals surface area contributed by atoms with Crippen molar-refractivity contribution in [1.29, 1.82) is 0 Å². The molecule has 0 saturated carbocycles. The van der Waals surface area contributed by atoms with Crippen LogP contribution in [-0.4, -0.2) is 63.0 Å². The lowest BCUT2D eigenvalue weighted by Crippen LogP contribution is -2.52. The Kier molecular flexibility index (Phi) is 4.89. The number of piperazine rings is 1. The molecule has 166 valence electrons. The van der Waals surface area contributed by atoms with E-state index in [0.29, 0.717) is 54.4 Å². The van der Waals surface area contributed by atoms with Crippen LogP contribution in [0.15, 0.2) is 36.9 Å². The second-order valence-corrected chi connectivity index (χ2v) is 8.01. The predicted octanol–water partition coefficient (Wildman–Crippen LogP) is 1.29. The molecule has 2 saturated heterocycles. The van der Waals surface area contributed by atoms with Gasteiger partial charge in [-0.2, -0.15) is 5.10 Å². The minimum atomic E-state index is -0.676. The van der Waals surface area contributed by atoms with Crippen molar-refractivity contribution in [3.05, 3.63) is 54.0 Å². The smallest absolute Gasteiger partial charge is 0.410 e. The van der Waals surface area contributed by atoms with Gasteiger partial charge in [0.15, 0.2) is 0 Å². The van der Waals surface area contributed by atoms with Gasteiger partial charge in [-0.25, -0.2) is 19.2 Å². The number of aryl methyl sites for hydroxylation is 1. The van der Waals surface area contributed by atoms with Crippen molar-refractivity contribution in [2.45, 2.75) is 12.1 Å². The van der Waals surface area contributed by atoms with Gasteiger partial charge in [0, 0.05) is 55.8 Å². The van der Waals surface area contributed by atoms with Gasteiger partial charge in [0.2, 0.25) is 0 Å². The lowest BCUT2D eigenvalue weighted by molar-refractivity contribution is 0.157. The van der Waals surface area contributed by atoms with E-state index in [1.54, 1.807) is 35.1 Å². The molecule has 2 unspecified atom stereocenters. The molecule has 2 fully saturated rings. The molecule has 3 aromatic rings. The maximum Gasteiger partial charge on any atom is 0.410 e. The van der Waals surface area contributed by atoms with Gasteiger partial charge in [0.05, 0.1) is 24.0 Å². The Labute approximate surface area is 183 Å². The largest absolute Gasteiger partial charge is 0.447 e. The molecule has 5 rings (SSSR count). The topological polar surface area (TPSA) is 128 Å². The minimum absolute atomic E-state index is 0.00174. The van der Waals surface area contributed by atoms with Crippen LogP contribution in [0.25, 0.3) is 11.1 Å². The Morgan fingerprint density at radius 3 is 2.88 bits per heavy atom. The number of hydrogen-bond donors (Lipinski definition) is 2. The first-order chi connectivity index (χ1) is 15.4. The molecule has 2 atom stereocenters. The number of nitrogens with zero attached hydrogens (tertiary/aromatic N) is 6. The number of nitrogens with two attached hydrogens (primary N) is 2. The van der Waals surface area contributed by atoms with E-state index in [1.165, 1.54) is 12.4 Å². The average Bonchev–Trinajstić information content (AvgIpc) is 3.39. The number of nitrogen functional groups attached to an aromatic ring is 1. The van der Waals surface area contributed by atoms with Crippen molar-refractivity contribution >= 4 is 17.6 Å². The summed E-state index contributed by atoms with van der Waals surface area (Å²) in [5.41, 5.74) is 15.0. The van der Waals surface area contributed by atoms with Crippen LogP contribution >= 0.6 is 0 Å². The second-order valence-electron chi connectivity index (χ2n) is 8.01. The molecule has 0 aliphatic carbocycles. The van der Waals surface area contributed by atoms with Crippen molar-refractivity contribution in [3.63, 3.8) is 0 Å². The molecule has 2 aliphatic rings. The fourth-order valence-corrected chi connectivity index (χ4v) is 4.22. The molecule has 4 N–H and O–H groups in total. The Morgan fingerprint density at radius 1 is 1.25 bits per heavy atom. The maximum absolute atomic E-state index is 14.6. The van der Waals surface area contributed by atoms with Crippen LogP contribution < -0.4 is 16.4 Å². The van der Waals surface area contributed by atoms with Crippen LogP contribution in [0.1, 0.15) is 17.3 Å². The number of carbonyl (C=O) groups excluding carboxylic acids is 1. The zero-order valence-corrected chi connectivity index (χ0v) is 17.5. The zero-order valence-electron chi connectivity index (χ0n) is 17.5. The number of hydrogen-bond acceptors (Lipinski definition) is 8. The van der Waals surface area contributed by atoms with Crippen molar-refractivity contribution in [1.82, 2.24) is 24.6 Å². The van der Waals surface area contributed by atoms with E-state index in [0.717, 1.165) is 0 Å². The highest BCUT2D eigenvalue weighted by Gasteiger charge is 2.37. The summed E-state index contributed by atoms with van der Waals surface area (Å²) in [7, 11) is 1.77. The fourth-order valence-electron chi connectivity index (χ4n) is 4.22. The van der Waals surface area contributed by atoms with E-state index < -0.39 is 11.9 Å². The molecule has 0 spiro atoms. The maximum atomic E-state index is 14.6. The van der Waals surface area contributed by atoms with Gasteiger partial charge < -0.3 is 21.1 Å². The fraction of sp³-hybridized carbons (Fsp3) is 0.333. The molecule has 0 bridgehead atoms. The molecule has 0 radical (unpaired) electrons. The number of anilines is 2. The summed E-state index contributed by atoms with van der Waals surface area (Å²) < 4.78 is 21.3. The second kappa shape index (κ2) is 7.75. The van der Waals surface area contributed by atoms with Crippen LogP contribution in [0.2, 0.25) is 0 Å². The van der Waals surface area contributed by atoms with Crippen LogP contribution in [0, 0.1) is 5.82 Å². The SMILES string of the molecule is Cn1cc(-c2cc(C(N)c3cc(N4CCN5C(=O)OCC5C4)ncn3)c(N)cc2F)cn1. The van der Waals surface area contributed by atoms with Gasteiger partial charge in [0.25, 0.3) is 0 Å². The molecular formula is C21H23FN8O2. The third-order valence-electron chi connectivity index (χ3n) is 5.96. The first-order valence-corrected chi connectivity index (χ1v) is 10.2. The van der Waals surface area contributed by atoms with Crippen molar-refractivity contribution < 1.29 is 13.9 Å². The number of amides is 1. The van der Waals surface area contributed by atoms with Crippen LogP contribution in [0.5, 0.6) is 0 Å². The summed E-state index contributed by atoms with van der Waals surface area (Å²) in [6.07, 6.45) is 4.50. The number of fused-ring (bicyclic) bond motifs is 1. The highest BCUT2D eigenvalue weighted by Crippen LogP contribution is 2.32. The summed E-state index contributed by atoms with van der Waals surface area (Å²) in [6.45, 7) is 2.17. The number of ether oxygens (including phenoxy) is 1. The first kappa shape index (κ1) is 20.2. The van der Waals surface area contributed by atoms with Crippen LogP contribution in [0.3, 0.4) is 0 Å². The normalized spacial score (nSPS) is 19.1. The minimum Gasteiger partial charge on any atom is -0.447 e. The van der Waals surface area contributed by atoms with Gasteiger partial charge in [-0.3, -0.25) is 9.58 Å². The summed E-state index contributed by atoms with van der Waals surface area (Å²) in [6, 6.07) is 4.05. The van der Waals surface area contributed by atoms with Crippen molar-refractivity contribution in [2.75, 3.05) is 36.9 Å². The van der Waals surface area contributed by atoms with E-state index in [-0.39, 0.29) is 17.8 Å².